The second-order valence-corrected chi connectivity index (χ2v) is 6.50. The average molecular weight is 264 g/mol. The monoisotopic (exact) mass is 264 g/mol. The summed E-state index contributed by atoms with van der Waals surface area (Å²) >= 11 is 0. The SMILES string of the molecule is CCCCCCCC(CC(=O)O)C1CC2C=CC1C2. The lowest BCUT2D eigenvalue weighted by atomic mass is 9.77. The molecule has 0 aromatic heterocycles. The Morgan fingerprint density at radius 2 is 2.00 bits per heavy atom. The van der Waals surface area contributed by atoms with Gasteiger partial charge in [0.05, 0.1) is 0 Å². The van der Waals surface area contributed by atoms with E-state index in [0.29, 0.717) is 24.2 Å². The third-order valence-electron chi connectivity index (χ3n) is 5.05. The Morgan fingerprint density at radius 3 is 2.58 bits per heavy atom. The van der Waals surface area contributed by atoms with Gasteiger partial charge in [0.25, 0.3) is 0 Å². The fraction of sp³-hybridized carbons (Fsp3) is 0.824. The van der Waals surface area contributed by atoms with Crippen LogP contribution in [0.1, 0.15) is 64.7 Å². The predicted molar refractivity (Wildman–Crippen MR) is 78.0 cm³/mol. The van der Waals surface area contributed by atoms with E-state index in [1.807, 2.05) is 0 Å². The van der Waals surface area contributed by atoms with Crippen LogP contribution in [0.25, 0.3) is 0 Å². The van der Waals surface area contributed by atoms with Gasteiger partial charge in [-0.1, -0.05) is 51.2 Å². The van der Waals surface area contributed by atoms with Crippen LogP contribution in [0.2, 0.25) is 0 Å². The fourth-order valence-corrected chi connectivity index (χ4v) is 4.07. The van der Waals surface area contributed by atoms with Crippen LogP contribution in [0.4, 0.5) is 0 Å². The molecule has 0 heterocycles. The van der Waals surface area contributed by atoms with Crippen LogP contribution in [0.3, 0.4) is 0 Å². The van der Waals surface area contributed by atoms with E-state index < -0.39 is 5.97 Å². The number of rotatable bonds is 9. The van der Waals surface area contributed by atoms with Crippen LogP contribution in [-0.4, -0.2) is 11.1 Å². The van der Waals surface area contributed by atoms with Crippen molar-refractivity contribution in [3.05, 3.63) is 12.2 Å². The lowest BCUT2D eigenvalue weighted by molar-refractivity contribution is -0.138. The molecule has 1 N–H and O–H groups in total. The highest BCUT2D eigenvalue weighted by molar-refractivity contribution is 5.67. The maximum atomic E-state index is 11.1. The molecule has 0 radical (unpaired) electrons. The first kappa shape index (κ1) is 14.6. The highest BCUT2D eigenvalue weighted by Gasteiger charge is 2.40. The van der Waals surface area contributed by atoms with Gasteiger partial charge in [0.2, 0.25) is 0 Å². The van der Waals surface area contributed by atoms with Crippen molar-refractivity contribution in [2.24, 2.45) is 23.7 Å². The summed E-state index contributed by atoms with van der Waals surface area (Å²) in [6.07, 6.45) is 15.1. The van der Waals surface area contributed by atoms with Crippen LogP contribution in [0.15, 0.2) is 12.2 Å². The number of hydrogen-bond donors (Lipinski definition) is 1. The van der Waals surface area contributed by atoms with Crippen molar-refractivity contribution < 1.29 is 9.90 Å². The maximum absolute atomic E-state index is 11.1. The van der Waals surface area contributed by atoms with Crippen molar-refractivity contribution in [2.75, 3.05) is 0 Å². The molecular weight excluding hydrogens is 236 g/mol. The number of carboxylic acids is 1. The Labute approximate surface area is 117 Å². The molecule has 0 saturated heterocycles. The Morgan fingerprint density at radius 1 is 1.21 bits per heavy atom. The van der Waals surface area contributed by atoms with E-state index in [-0.39, 0.29) is 0 Å². The maximum Gasteiger partial charge on any atom is 0.303 e. The summed E-state index contributed by atoms with van der Waals surface area (Å²) in [5.41, 5.74) is 0. The smallest absolute Gasteiger partial charge is 0.303 e. The topological polar surface area (TPSA) is 37.3 Å². The second-order valence-electron chi connectivity index (χ2n) is 6.50. The molecule has 19 heavy (non-hydrogen) atoms. The first-order valence-electron chi connectivity index (χ1n) is 8.10. The number of hydrogen-bond acceptors (Lipinski definition) is 1. The third-order valence-corrected chi connectivity index (χ3v) is 5.05. The van der Waals surface area contributed by atoms with Crippen LogP contribution >= 0.6 is 0 Å². The Hall–Kier alpha value is -0.790. The van der Waals surface area contributed by atoms with Crippen LogP contribution in [0, 0.1) is 23.7 Å². The fourth-order valence-electron chi connectivity index (χ4n) is 4.07. The quantitative estimate of drug-likeness (QED) is 0.486. The van der Waals surface area contributed by atoms with Crippen molar-refractivity contribution >= 4 is 5.97 Å². The van der Waals surface area contributed by atoms with Crippen LogP contribution in [0.5, 0.6) is 0 Å². The van der Waals surface area contributed by atoms with Crippen LogP contribution < -0.4 is 0 Å². The van der Waals surface area contributed by atoms with Gasteiger partial charge in [-0.05, 0) is 42.9 Å². The molecule has 0 spiro atoms. The summed E-state index contributed by atoms with van der Waals surface area (Å²) < 4.78 is 0. The van der Waals surface area contributed by atoms with Gasteiger partial charge >= 0.3 is 5.97 Å². The molecule has 108 valence electrons. The molecule has 0 aromatic carbocycles. The molecule has 2 nitrogen and oxygen atoms in total. The van der Waals surface area contributed by atoms with E-state index in [4.69, 9.17) is 5.11 Å². The molecule has 0 aliphatic heterocycles. The van der Waals surface area contributed by atoms with Crippen molar-refractivity contribution in [3.8, 4) is 0 Å². The molecule has 4 unspecified atom stereocenters. The number of fused-ring (bicyclic) bond motifs is 2. The lowest BCUT2D eigenvalue weighted by Gasteiger charge is -2.27. The molecule has 0 amide bonds. The molecule has 4 atom stereocenters. The Balaban J connectivity index is 1.79. The number of carbonyl (C=O) groups is 1. The minimum Gasteiger partial charge on any atom is -0.481 e. The largest absolute Gasteiger partial charge is 0.481 e. The van der Waals surface area contributed by atoms with E-state index in [1.165, 1.54) is 44.9 Å². The lowest BCUT2D eigenvalue weighted by Crippen LogP contribution is -2.22. The van der Waals surface area contributed by atoms with E-state index >= 15 is 0 Å². The van der Waals surface area contributed by atoms with E-state index in [1.54, 1.807) is 0 Å². The van der Waals surface area contributed by atoms with Crippen molar-refractivity contribution in [1.82, 2.24) is 0 Å². The molecule has 2 bridgehead atoms. The summed E-state index contributed by atoms with van der Waals surface area (Å²) in [4.78, 5) is 11.1. The molecule has 1 saturated carbocycles. The standard InChI is InChI=1S/C17H28O2/c1-2-3-4-5-6-7-14(12-17(18)19)16-11-13-8-9-15(16)10-13/h8-9,13-16H,2-7,10-12H2,1H3,(H,18,19). The number of carboxylic acid groups (broad SMARTS) is 1. The minimum atomic E-state index is -0.606. The van der Waals surface area contributed by atoms with Gasteiger partial charge in [-0.2, -0.15) is 0 Å². The van der Waals surface area contributed by atoms with Gasteiger partial charge in [0, 0.05) is 6.42 Å². The van der Waals surface area contributed by atoms with Gasteiger partial charge in [0.1, 0.15) is 0 Å². The Kier molecular flexibility index (Phi) is 5.47. The molecule has 2 aliphatic carbocycles. The number of allylic oxidation sites excluding steroid dienone is 2. The molecule has 2 heteroatoms. The van der Waals surface area contributed by atoms with E-state index in [9.17, 15) is 4.79 Å². The first-order chi connectivity index (χ1) is 9.20. The van der Waals surface area contributed by atoms with Crippen LogP contribution in [-0.2, 0) is 4.79 Å². The molecule has 2 aliphatic rings. The third kappa shape index (κ3) is 4.09. The summed E-state index contributed by atoms with van der Waals surface area (Å²) in [6, 6.07) is 0. The highest BCUT2D eigenvalue weighted by atomic mass is 16.4. The van der Waals surface area contributed by atoms with Crippen molar-refractivity contribution in [2.45, 2.75) is 64.7 Å². The van der Waals surface area contributed by atoms with Gasteiger partial charge in [-0.25, -0.2) is 0 Å². The number of unbranched alkanes of at least 4 members (excludes halogenated alkanes) is 4. The van der Waals surface area contributed by atoms with E-state index in [2.05, 4.69) is 19.1 Å². The zero-order valence-corrected chi connectivity index (χ0v) is 12.2. The molecule has 0 aromatic rings. The van der Waals surface area contributed by atoms with E-state index in [0.717, 1.165) is 12.3 Å². The summed E-state index contributed by atoms with van der Waals surface area (Å²) in [7, 11) is 0. The van der Waals surface area contributed by atoms with Crippen molar-refractivity contribution in [3.63, 3.8) is 0 Å². The van der Waals surface area contributed by atoms with Gasteiger partial charge in [-0.3, -0.25) is 4.79 Å². The summed E-state index contributed by atoms with van der Waals surface area (Å²) in [5, 5.41) is 9.14. The predicted octanol–water partition coefficient (Wildman–Crippen LogP) is 4.65. The zero-order valence-electron chi connectivity index (χ0n) is 12.2. The Bertz CT molecular complexity index is 321. The zero-order chi connectivity index (χ0) is 13.7. The second kappa shape index (κ2) is 7.12. The highest BCUT2D eigenvalue weighted by Crippen LogP contribution is 2.48. The molecule has 1 fully saturated rings. The molecular formula is C17H28O2. The normalized spacial score (nSPS) is 29.8. The summed E-state index contributed by atoms with van der Waals surface area (Å²) in [5.74, 6) is 1.90. The first-order valence-corrected chi connectivity index (χ1v) is 8.10. The minimum absolute atomic E-state index is 0.384. The van der Waals surface area contributed by atoms with Gasteiger partial charge < -0.3 is 5.11 Å². The average Bonchev–Trinajstić information content (AvgIpc) is 2.99. The summed E-state index contributed by atoms with van der Waals surface area (Å²) in [6.45, 7) is 2.23. The molecule has 2 rings (SSSR count). The number of aliphatic carboxylic acids is 1. The van der Waals surface area contributed by atoms with Gasteiger partial charge in [-0.15, -0.1) is 0 Å². The van der Waals surface area contributed by atoms with Gasteiger partial charge in [0.15, 0.2) is 0 Å². The van der Waals surface area contributed by atoms with Crippen molar-refractivity contribution in [1.29, 1.82) is 0 Å².